The van der Waals surface area contributed by atoms with Gasteiger partial charge in [-0.3, -0.25) is 0 Å². The molecule has 5 nitrogen and oxygen atoms in total. The second-order valence-corrected chi connectivity index (χ2v) is 4.65. The van der Waals surface area contributed by atoms with Crippen molar-refractivity contribution in [2.75, 3.05) is 18.7 Å². The zero-order valence-corrected chi connectivity index (χ0v) is 10.3. The molecule has 0 spiro atoms. The molecule has 1 saturated heterocycles. The zero-order chi connectivity index (χ0) is 20.5. The van der Waals surface area contributed by atoms with Crippen LogP contribution in [0, 0.1) is 0 Å². The molecule has 0 saturated carbocycles. The Bertz CT molecular complexity index is 735. The number of nitrogen functional groups attached to an aromatic ring is 1. The first-order chi connectivity index (χ1) is 11.5. The molecule has 2 heterocycles. The van der Waals surface area contributed by atoms with Gasteiger partial charge in [0.15, 0.2) is 0 Å². The number of carbonyl (C=O) groups is 1. The van der Waals surface area contributed by atoms with Crippen LogP contribution < -0.4 is 5.73 Å². The van der Waals surface area contributed by atoms with Gasteiger partial charge in [0.25, 0.3) is 0 Å². The minimum absolute atomic E-state index is 0.122. The summed E-state index contributed by atoms with van der Waals surface area (Å²) >= 11 is 0. The Morgan fingerprint density at radius 2 is 2.39 bits per heavy atom. The van der Waals surface area contributed by atoms with Crippen molar-refractivity contribution < 1.29 is 20.5 Å². The van der Waals surface area contributed by atoms with E-state index in [2.05, 4.69) is 4.98 Å². The van der Waals surface area contributed by atoms with Crippen LogP contribution in [-0.4, -0.2) is 34.6 Å². The number of amides is 1. The van der Waals surface area contributed by atoms with E-state index in [9.17, 15) is 4.79 Å². The third kappa shape index (κ3) is 2.91. The number of pyridine rings is 1. The van der Waals surface area contributed by atoms with Gasteiger partial charge >= 0.3 is 6.09 Å². The number of anilines is 1. The number of hydrogen-bond acceptors (Lipinski definition) is 4. The summed E-state index contributed by atoms with van der Waals surface area (Å²) in [6.45, 7) is -1.38. The zero-order valence-electron chi connectivity index (χ0n) is 18.3. The maximum atomic E-state index is 12.3. The number of carbonyl (C=O) groups excluding carboxylic acids is 1. The lowest BCUT2D eigenvalue weighted by Crippen LogP contribution is -2.50. The molecule has 1 amide bonds. The van der Waals surface area contributed by atoms with Gasteiger partial charge in [-0.05, 0) is 38.4 Å². The molecule has 0 radical (unpaired) electrons. The molecule has 2 N–H and O–H groups in total. The van der Waals surface area contributed by atoms with E-state index in [-0.39, 0.29) is 4.90 Å². The Morgan fingerprint density at radius 3 is 3.00 bits per heavy atom. The average Bonchev–Trinajstić information content (AvgIpc) is 2.42. The van der Waals surface area contributed by atoms with Crippen LogP contribution in [0.3, 0.4) is 0 Å². The number of ether oxygens (including phenoxy) is 1. The molecule has 0 bridgehead atoms. The van der Waals surface area contributed by atoms with Gasteiger partial charge in [-0.25, -0.2) is 9.78 Å². The number of rotatable bonds is 1. The molecule has 0 atom stereocenters. The predicted octanol–water partition coefficient (Wildman–Crippen LogP) is 2.00. The molecule has 18 heavy (non-hydrogen) atoms. The van der Waals surface area contributed by atoms with Crippen LogP contribution in [-0.2, 0) is 4.74 Å². The number of hydrogen-bond donors (Lipinski definition) is 1. The summed E-state index contributed by atoms with van der Waals surface area (Å²) in [5, 5.41) is 0. The second kappa shape index (κ2) is 4.48. The lowest BCUT2D eigenvalue weighted by molar-refractivity contribution is 0.00820. The molecule has 1 aromatic rings. The number of aromatic nitrogens is 1. The molecule has 0 aliphatic carbocycles. The van der Waals surface area contributed by atoms with Crippen LogP contribution in [0.25, 0.3) is 0 Å². The van der Waals surface area contributed by atoms with Gasteiger partial charge in [-0.2, -0.15) is 0 Å². The summed E-state index contributed by atoms with van der Waals surface area (Å²) < 4.78 is 69.3. The maximum Gasteiger partial charge on any atom is 0.410 e. The summed E-state index contributed by atoms with van der Waals surface area (Å²) in [5.74, 6) is -3.41. The summed E-state index contributed by atoms with van der Waals surface area (Å²) in [7, 11) is 0. The molecular weight excluding hydrogens is 230 g/mol. The highest BCUT2D eigenvalue weighted by atomic mass is 16.6. The highest BCUT2D eigenvalue weighted by Gasteiger charge is 2.34. The SMILES string of the molecule is [2H]c1nc(N)c([2H])c(C2([2H])C([2H])([2H])N(C(=O)OC(C)(C)C)C2([2H])[2H])c1[2H]. The van der Waals surface area contributed by atoms with Gasteiger partial charge in [-0.15, -0.1) is 0 Å². The monoisotopic (exact) mass is 257 g/mol. The molecular formula is C13H19N3O2. The van der Waals surface area contributed by atoms with Crippen LogP contribution in [0.4, 0.5) is 10.6 Å². The van der Waals surface area contributed by atoms with Crippen molar-refractivity contribution in [3.8, 4) is 0 Å². The summed E-state index contributed by atoms with van der Waals surface area (Å²) in [6, 6.07) is -1.52. The van der Waals surface area contributed by atoms with Crippen LogP contribution in [0.5, 0.6) is 0 Å². The highest BCUT2D eigenvalue weighted by Crippen LogP contribution is 2.28. The Balaban J connectivity index is 2.64. The third-order valence-electron chi connectivity index (χ3n) is 1.88. The van der Waals surface area contributed by atoms with Crippen LogP contribution in [0.1, 0.15) is 43.2 Å². The van der Waals surface area contributed by atoms with Gasteiger partial charge in [-0.1, -0.05) is 0 Å². The van der Waals surface area contributed by atoms with E-state index < -0.39 is 60.2 Å². The lowest BCUT2D eigenvalue weighted by atomic mass is 9.92. The first kappa shape index (κ1) is 5.91. The van der Waals surface area contributed by atoms with E-state index >= 15 is 0 Å². The fraction of sp³-hybridized carbons (Fsp3) is 0.538. The fourth-order valence-corrected chi connectivity index (χ4v) is 1.19. The molecule has 1 fully saturated rings. The van der Waals surface area contributed by atoms with Gasteiger partial charge in [0, 0.05) is 26.4 Å². The smallest absolute Gasteiger partial charge is 0.410 e. The number of nitrogens with two attached hydrogens (primary N) is 1. The van der Waals surface area contributed by atoms with E-state index in [1.54, 1.807) is 0 Å². The molecule has 5 heteroatoms. The Kier molecular flexibility index (Phi) is 1.47. The first-order valence-electron chi connectivity index (χ1n) is 9.27. The van der Waals surface area contributed by atoms with Gasteiger partial charge < -0.3 is 15.4 Å². The van der Waals surface area contributed by atoms with Crippen molar-refractivity contribution in [1.82, 2.24) is 9.88 Å². The fourth-order valence-electron chi connectivity index (χ4n) is 1.19. The van der Waals surface area contributed by atoms with Crippen molar-refractivity contribution in [2.24, 2.45) is 0 Å². The number of likely N-dealkylation sites (tertiary alicyclic amines) is 1. The topological polar surface area (TPSA) is 68.5 Å². The molecule has 0 unspecified atom stereocenters. The summed E-state index contributed by atoms with van der Waals surface area (Å²) in [5.41, 5.74) is 3.71. The molecule has 2 rings (SSSR count). The Hall–Kier alpha value is -1.78. The minimum atomic E-state index is -2.97. The molecule has 1 aliphatic rings. The van der Waals surface area contributed by atoms with E-state index in [1.807, 2.05) is 0 Å². The minimum Gasteiger partial charge on any atom is -0.444 e. The Labute approximate surface area is 118 Å². The molecule has 1 aromatic heterocycles. The predicted molar refractivity (Wildman–Crippen MR) is 69.2 cm³/mol. The van der Waals surface area contributed by atoms with Crippen molar-refractivity contribution in [1.29, 1.82) is 0 Å². The quantitative estimate of drug-likeness (QED) is 0.835. The van der Waals surface area contributed by atoms with Crippen molar-refractivity contribution in [2.45, 2.75) is 32.3 Å². The van der Waals surface area contributed by atoms with E-state index in [0.717, 1.165) is 0 Å². The molecule has 1 aliphatic heterocycles. The summed E-state index contributed by atoms with van der Waals surface area (Å²) in [4.78, 5) is 15.8. The maximum absolute atomic E-state index is 12.3. The van der Waals surface area contributed by atoms with E-state index in [1.165, 1.54) is 20.8 Å². The van der Waals surface area contributed by atoms with Crippen molar-refractivity contribution >= 4 is 11.9 Å². The standard InChI is InChI=1S/C13H19N3O2/c1-13(2,3)18-12(17)16-7-10(8-16)9-4-5-15-11(14)6-9/h4-6,10H,7-8H2,1-3H3,(H2,14,15)/i4D,5D,6D,7D2,8D2,10D. The van der Waals surface area contributed by atoms with Crippen LogP contribution in [0.2, 0.25) is 0 Å². The lowest BCUT2D eigenvalue weighted by Gasteiger charge is -2.40. The van der Waals surface area contributed by atoms with Gasteiger partial charge in [0.2, 0.25) is 0 Å². The molecule has 0 aromatic carbocycles. The number of nitrogens with zero attached hydrogens (tertiary/aromatic N) is 2. The summed E-state index contributed by atoms with van der Waals surface area (Å²) in [6.07, 6.45) is -2.04. The second-order valence-electron chi connectivity index (χ2n) is 4.65. The Morgan fingerprint density at radius 1 is 1.72 bits per heavy atom. The van der Waals surface area contributed by atoms with E-state index in [4.69, 9.17) is 21.4 Å². The largest absolute Gasteiger partial charge is 0.444 e. The van der Waals surface area contributed by atoms with Crippen molar-refractivity contribution in [3.05, 3.63) is 23.8 Å². The first-order valence-corrected chi connectivity index (χ1v) is 5.27. The van der Waals surface area contributed by atoms with Gasteiger partial charge in [0.1, 0.15) is 11.4 Å². The van der Waals surface area contributed by atoms with E-state index in [0.29, 0.717) is 0 Å². The highest BCUT2D eigenvalue weighted by molar-refractivity contribution is 5.69. The van der Waals surface area contributed by atoms with Gasteiger partial charge in [0.05, 0.1) is 9.60 Å². The van der Waals surface area contributed by atoms with Crippen LogP contribution >= 0.6 is 0 Å². The van der Waals surface area contributed by atoms with Crippen LogP contribution in [0.15, 0.2) is 18.3 Å². The molecule has 98 valence electrons. The van der Waals surface area contributed by atoms with Crippen molar-refractivity contribution in [3.63, 3.8) is 0 Å². The average molecular weight is 257 g/mol. The third-order valence-corrected chi connectivity index (χ3v) is 1.88. The normalized spacial score (nSPS) is 30.1.